The van der Waals surface area contributed by atoms with Crippen molar-refractivity contribution in [3.8, 4) is 0 Å². The molecule has 0 radical (unpaired) electrons. The maximum Gasteiger partial charge on any atom is 0.306 e. The first-order valence-corrected chi connectivity index (χ1v) is 26.1. The highest BCUT2D eigenvalue weighted by Crippen LogP contribution is 2.26. The molecule has 64 heavy (non-hydrogen) atoms. The molecule has 0 bridgehead atoms. The van der Waals surface area contributed by atoms with Gasteiger partial charge in [-0.1, -0.05) is 194 Å². The lowest BCUT2D eigenvalue weighted by molar-refractivity contribution is -0.332. The largest absolute Gasteiger partial charge is 0.457 e. The highest BCUT2D eigenvalue weighted by molar-refractivity contribution is 5.69. The molecule has 11 unspecified atom stereocenters. The van der Waals surface area contributed by atoms with Crippen LogP contribution in [0.15, 0.2) is 0 Å². The van der Waals surface area contributed by atoms with E-state index in [-0.39, 0.29) is 25.6 Å². The summed E-state index contributed by atoms with van der Waals surface area (Å²) in [4.78, 5) is 13.0. The van der Waals surface area contributed by atoms with Crippen LogP contribution in [0.25, 0.3) is 0 Å². The van der Waals surface area contributed by atoms with Gasteiger partial charge < -0.3 is 64.2 Å². The Morgan fingerprint density at radius 2 is 0.828 bits per heavy atom. The quantitative estimate of drug-likeness (QED) is 0.0231. The summed E-state index contributed by atoms with van der Waals surface area (Å²) in [5.74, 6) is -0.371. The Balaban J connectivity index is 1.68. The van der Waals surface area contributed by atoms with Crippen molar-refractivity contribution in [1.29, 1.82) is 0 Å². The number of ether oxygens (including phenoxy) is 6. The van der Waals surface area contributed by atoms with E-state index in [9.17, 15) is 40.5 Å². The van der Waals surface area contributed by atoms with Gasteiger partial charge in [-0.2, -0.15) is 0 Å². The van der Waals surface area contributed by atoms with Gasteiger partial charge in [-0.3, -0.25) is 4.79 Å². The van der Waals surface area contributed by atoms with Crippen molar-refractivity contribution in [3.63, 3.8) is 0 Å². The van der Waals surface area contributed by atoms with Crippen LogP contribution in [0.2, 0.25) is 0 Å². The van der Waals surface area contributed by atoms with Gasteiger partial charge in [0.1, 0.15) is 54.9 Å². The van der Waals surface area contributed by atoms with E-state index in [1.165, 1.54) is 148 Å². The van der Waals surface area contributed by atoms with Crippen molar-refractivity contribution in [2.24, 2.45) is 0 Å². The molecular formula is C50H96O14. The molecule has 2 aliphatic heterocycles. The average molecular weight is 921 g/mol. The molecule has 2 rings (SSSR count). The fourth-order valence-electron chi connectivity index (χ4n) is 8.58. The van der Waals surface area contributed by atoms with Gasteiger partial charge in [0.25, 0.3) is 0 Å². The van der Waals surface area contributed by atoms with Crippen LogP contribution in [0.4, 0.5) is 0 Å². The molecule has 0 aliphatic carbocycles. The van der Waals surface area contributed by atoms with Crippen LogP contribution in [-0.2, 0) is 33.2 Å². The molecule has 2 fully saturated rings. The van der Waals surface area contributed by atoms with Crippen molar-refractivity contribution in [2.75, 3.05) is 33.0 Å². The molecule has 2 aliphatic rings. The molecule has 14 nitrogen and oxygen atoms in total. The van der Waals surface area contributed by atoms with Crippen LogP contribution >= 0.6 is 0 Å². The first-order chi connectivity index (χ1) is 31.1. The van der Waals surface area contributed by atoms with Crippen molar-refractivity contribution in [1.82, 2.24) is 0 Å². The van der Waals surface area contributed by atoms with Gasteiger partial charge in [-0.05, 0) is 12.8 Å². The van der Waals surface area contributed by atoms with Gasteiger partial charge in [0.15, 0.2) is 12.6 Å². The van der Waals surface area contributed by atoms with Gasteiger partial charge in [0, 0.05) is 13.0 Å². The standard InChI is InChI=1S/C50H96O14/c1-3-5-7-9-11-13-14-15-16-17-18-19-20-21-22-23-24-25-26-27-29-31-33-42(52)62-39(36-59-34-32-30-28-12-10-8-6-4-2)37-60-49-48(58)46(56)44(54)41(64-49)38-61-50-47(57)45(55)43(53)40(35-51)63-50/h39-41,43-51,53-58H,3-38H2,1-2H3. The molecule has 11 atom stereocenters. The van der Waals surface area contributed by atoms with E-state index >= 15 is 0 Å². The summed E-state index contributed by atoms with van der Waals surface area (Å²) in [5, 5.41) is 72.0. The average Bonchev–Trinajstić information content (AvgIpc) is 3.29. The summed E-state index contributed by atoms with van der Waals surface area (Å²) in [5.41, 5.74) is 0. The molecule has 2 heterocycles. The van der Waals surface area contributed by atoms with E-state index in [1.807, 2.05) is 0 Å². The molecule has 0 aromatic carbocycles. The molecule has 0 aromatic heterocycles. The van der Waals surface area contributed by atoms with Gasteiger partial charge in [-0.25, -0.2) is 0 Å². The van der Waals surface area contributed by atoms with Crippen LogP contribution in [0.1, 0.15) is 213 Å². The summed E-state index contributed by atoms with van der Waals surface area (Å²) in [6.45, 7) is 3.70. The van der Waals surface area contributed by atoms with Gasteiger partial charge in [-0.15, -0.1) is 0 Å². The second-order valence-electron chi connectivity index (χ2n) is 18.7. The van der Waals surface area contributed by atoms with Crippen LogP contribution < -0.4 is 0 Å². The lowest BCUT2D eigenvalue weighted by atomic mass is 9.98. The van der Waals surface area contributed by atoms with E-state index < -0.39 is 80.7 Å². The number of hydrogen-bond donors (Lipinski definition) is 7. The summed E-state index contributed by atoms with van der Waals surface area (Å²) < 4.78 is 34.2. The van der Waals surface area contributed by atoms with E-state index in [1.54, 1.807) is 0 Å². The molecule has 0 aromatic rings. The Labute approximate surface area is 387 Å². The number of esters is 1. The van der Waals surface area contributed by atoms with E-state index in [4.69, 9.17) is 28.4 Å². The molecule has 2 saturated heterocycles. The zero-order valence-electron chi connectivity index (χ0n) is 40.3. The van der Waals surface area contributed by atoms with Crippen LogP contribution in [-0.4, -0.2) is 142 Å². The summed E-state index contributed by atoms with van der Waals surface area (Å²) >= 11 is 0. The predicted octanol–water partition coefficient (Wildman–Crippen LogP) is 7.69. The smallest absolute Gasteiger partial charge is 0.306 e. The third-order valence-corrected chi connectivity index (χ3v) is 12.9. The van der Waals surface area contributed by atoms with Crippen LogP contribution in [0, 0.1) is 0 Å². The minimum atomic E-state index is -1.70. The fourth-order valence-corrected chi connectivity index (χ4v) is 8.58. The van der Waals surface area contributed by atoms with Gasteiger partial charge >= 0.3 is 5.97 Å². The Bertz CT molecular complexity index is 1070. The maximum absolute atomic E-state index is 13.0. The Morgan fingerprint density at radius 1 is 0.453 bits per heavy atom. The van der Waals surface area contributed by atoms with Gasteiger partial charge in [0.05, 0.1) is 26.4 Å². The van der Waals surface area contributed by atoms with Crippen molar-refractivity contribution in [3.05, 3.63) is 0 Å². The number of carbonyl (C=O) groups excluding carboxylic acids is 1. The highest BCUT2D eigenvalue weighted by Gasteiger charge is 2.47. The lowest BCUT2D eigenvalue weighted by Crippen LogP contribution is -2.61. The normalized spacial score (nSPS) is 26.6. The number of hydrogen-bond acceptors (Lipinski definition) is 14. The topological polar surface area (TPSA) is 214 Å². The Kier molecular flexibility index (Phi) is 35.9. The first-order valence-electron chi connectivity index (χ1n) is 26.1. The number of aliphatic hydroxyl groups excluding tert-OH is 7. The van der Waals surface area contributed by atoms with E-state index in [0.29, 0.717) is 6.61 Å². The van der Waals surface area contributed by atoms with Crippen molar-refractivity contribution < 1.29 is 69.0 Å². The Morgan fingerprint density at radius 3 is 1.27 bits per heavy atom. The predicted molar refractivity (Wildman–Crippen MR) is 248 cm³/mol. The third-order valence-electron chi connectivity index (χ3n) is 12.9. The Hall–Kier alpha value is -1.01. The van der Waals surface area contributed by atoms with Crippen molar-refractivity contribution >= 4 is 5.97 Å². The summed E-state index contributed by atoms with van der Waals surface area (Å²) in [7, 11) is 0. The highest BCUT2D eigenvalue weighted by atomic mass is 16.7. The minimum Gasteiger partial charge on any atom is -0.457 e. The monoisotopic (exact) mass is 921 g/mol. The zero-order valence-corrected chi connectivity index (χ0v) is 40.3. The number of aliphatic hydroxyl groups is 7. The second-order valence-corrected chi connectivity index (χ2v) is 18.7. The van der Waals surface area contributed by atoms with E-state index in [2.05, 4.69) is 13.8 Å². The minimum absolute atomic E-state index is 0.0687. The SMILES string of the molecule is CCCCCCCCCCCCCCCCCCCCCCCCC(=O)OC(COCCCCCCCCCC)COC1OC(COC2OC(CO)C(O)C(O)C2O)C(O)C(O)C1O. The zero-order chi connectivity index (χ0) is 46.6. The molecule has 7 N–H and O–H groups in total. The molecule has 0 spiro atoms. The van der Waals surface area contributed by atoms with Gasteiger partial charge in [0.2, 0.25) is 0 Å². The van der Waals surface area contributed by atoms with E-state index in [0.717, 1.165) is 44.9 Å². The molecule has 380 valence electrons. The molecule has 0 saturated carbocycles. The second kappa shape index (κ2) is 38.9. The maximum atomic E-state index is 13.0. The van der Waals surface area contributed by atoms with Crippen molar-refractivity contribution in [2.45, 2.75) is 280 Å². The number of carbonyl (C=O) groups is 1. The molecular weight excluding hydrogens is 825 g/mol. The van der Waals surface area contributed by atoms with Crippen LogP contribution in [0.5, 0.6) is 0 Å². The summed E-state index contributed by atoms with van der Waals surface area (Å²) in [6.07, 6.45) is 21.9. The first kappa shape index (κ1) is 59.1. The fraction of sp³-hybridized carbons (Fsp3) is 0.980. The van der Waals surface area contributed by atoms with Crippen LogP contribution in [0.3, 0.4) is 0 Å². The molecule has 0 amide bonds. The molecule has 14 heteroatoms. The number of unbranched alkanes of at least 4 members (excludes halogenated alkanes) is 28. The third kappa shape index (κ3) is 26.5. The lowest BCUT2D eigenvalue weighted by Gasteiger charge is -2.42. The summed E-state index contributed by atoms with van der Waals surface area (Å²) in [6, 6.07) is 0. The number of rotatable bonds is 42.